The highest BCUT2D eigenvalue weighted by molar-refractivity contribution is 8.13. The van der Waals surface area contributed by atoms with Crippen molar-refractivity contribution in [2.45, 2.75) is 39.7 Å². The lowest BCUT2D eigenvalue weighted by Gasteiger charge is -2.23. The van der Waals surface area contributed by atoms with Crippen LogP contribution >= 0.6 is 11.8 Å². The van der Waals surface area contributed by atoms with E-state index < -0.39 is 0 Å². The van der Waals surface area contributed by atoms with Gasteiger partial charge in [0.05, 0.1) is 12.2 Å². The molecule has 14 heavy (non-hydrogen) atoms. The van der Waals surface area contributed by atoms with Crippen LogP contribution in [0, 0.1) is 0 Å². The van der Waals surface area contributed by atoms with Crippen molar-refractivity contribution in [2.75, 3.05) is 19.0 Å². The van der Waals surface area contributed by atoms with Crippen LogP contribution in [-0.2, 0) is 9.47 Å². The summed E-state index contributed by atoms with van der Waals surface area (Å²) in [7, 11) is 0. The molecule has 0 spiro atoms. The average Bonchev–Trinajstić information content (AvgIpc) is 2.03. The molecular formula is C10H20O3S. The summed E-state index contributed by atoms with van der Waals surface area (Å²) in [5.74, 6) is 0.742. The lowest BCUT2D eigenvalue weighted by atomic mass is 10.1. The van der Waals surface area contributed by atoms with Crippen LogP contribution in [-0.4, -0.2) is 29.9 Å². The number of ether oxygens (including phenoxy) is 2. The van der Waals surface area contributed by atoms with Crippen LogP contribution in [0.25, 0.3) is 0 Å². The van der Waals surface area contributed by atoms with Gasteiger partial charge in [0.25, 0.3) is 0 Å². The van der Waals surface area contributed by atoms with Gasteiger partial charge in [-0.25, -0.2) is 4.79 Å². The second-order valence-electron chi connectivity index (χ2n) is 3.47. The maximum Gasteiger partial charge on any atom is 0.367 e. The Hall–Kier alpha value is -0.220. The van der Waals surface area contributed by atoms with Crippen LogP contribution < -0.4 is 0 Å². The maximum absolute atomic E-state index is 11.0. The van der Waals surface area contributed by atoms with E-state index in [2.05, 4.69) is 0 Å². The minimum atomic E-state index is -0.195. The van der Waals surface area contributed by atoms with E-state index in [-0.39, 0.29) is 10.9 Å². The summed E-state index contributed by atoms with van der Waals surface area (Å²) in [6.45, 7) is 8.99. The molecule has 0 rings (SSSR count). The fourth-order valence-electron chi connectivity index (χ4n) is 1.00. The molecule has 0 bridgehead atoms. The zero-order chi connectivity index (χ0) is 11.0. The Kier molecular flexibility index (Phi) is 7.01. The molecule has 0 aliphatic heterocycles. The van der Waals surface area contributed by atoms with E-state index in [0.29, 0.717) is 13.2 Å². The van der Waals surface area contributed by atoms with Gasteiger partial charge in [-0.2, -0.15) is 0 Å². The van der Waals surface area contributed by atoms with E-state index in [9.17, 15) is 4.79 Å². The molecule has 0 atom stereocenters. The Bertz CT molecular complexity index is 169. The summed E-state index contributed by atoms with van der Waals surface area (Å²) < 4.78 is 10.3. The highest BCUT2D eigenvalue weighted by atomic mass is 32.2. The number of hydrogen-bond donors (Lipinski definition) is 0. The monoisotopic (exact) mass is 220 g/mol. The first kappa shape index (κ1) is 13.8. The molecule has 0 aromatic heterocycles. The largest absolute Gasteiger partial charge is 0.458 e. The third-order valence-corrected chi connectivity index (χ3v) is 2.48. The summed E-state index contributed by atoms with van der Waals surface area (Å²) in [6.07, 6.45) is 0.852. The van der Waals surface area contributed by atoms with Gasteiger partial charge >= 0.3 is 5.30 Å². The SMILES string of the molecule is CCOC(=O)SCCC(C)(C)OCC. The molecule has 0 amide bonds. The molecule has 0 aromatic carbocycles. The molecule has 0 saturated carbocycles. The van der Waals surface area contributed by atoms with Gasteiger partial charge in [0.2, 0.25) is 0 Å². The van der Waals surface area contributed by atoms with Crippen molar-refractivity contribution in [1.29, 1.82) is 0 Å². The third-order valence-electron chi connectivity index (χ3n) is 1.72. The van der Waals surface area contributed by atoms with E-state index in [4.69, 9.17) is 9.47 Å². The summed E-state index contributed by atoms with van der Waals surface area (Å²) >= 11 is 1.21. The van der Waals surface area contributed by atoms with Crippen molar-refractivity contribution in [2.24, 2.45) is 0 Å². The zero-order valence-electron chi connectivity index (χ0n) is 9.46. The molecule has 0 unspecified atom stereocenters. The van der Waals surface area contributed by atoms with Gasteiger partial charge < -0.3 is 9.47 Å². The predicted octanol–water partition coefficient (Wildman–Crippen LogP) is 3.08. The van der Waals surface area contributed by atoms with Crippen LogP contribution in [0.3, 0.4) is 0 Å². The van der Waals surface area contributed by atoms with Gasteiger partial charge in [0.15, 0.2) is 0 Å². The molecule has 0 N–H and O–H groups in total. The third kappa shape index (κ3) is 7.21. The average molecular weight is 220 g/mol. The fourth-order valence-corrected chi connectivity index (χ4v) is 1.96. The second-order valence-corrected chi connectivity index (χ2v) is 4.50. The first-order chi connectivity index (χ1) is 6.52. The fraction of sp³-hybridized carbons (Fsp3) is 0.900. The molecule has 0 aliphatic rings. The first-order valence-electron chi connectivity index (χ1n) is 4.95. The van der Waals surface area contributed by atoms with E-state index in [1.165, 1.54) is 11.8 Å². The minimum absolute atomic E-state index is 0.145. The topological polar surface area (TPSA) is 35.5 Å². The normalized spacial score (nSPS) is 11.4. The van der Waals surface area contributed by atoms with E-state index in [1.807, 2.05) is 27.7 Å². The van der Waals surface area contributed by atoms with Crippen LogP contribution in [0.1, 0.15) is 34.1 Å². The molecule has 0 aliphatic carbocycles. The van der Waals surface area contributed by atoms with Gasteiger partial charge in [-0.05, 0) is 45.9 Å². The van der Waals surface area contributed by atoms with Crippen molar-refractivity contribution in [3.63, 3.8) is 0 Å². The Morgan fingerprint density at radius 1 is 1.29 bits per heavy atom. The van der Waals surface area contributed by atoms with Crippen LogP contribution in [0.2, 0.25) is 0 Å². The predicted molar refractivity (Wildman–Crippen MR) is 59.8 cm³/mol. The highest BCUT2D eigenvalue weighted by Gasteiger charge is 2.17. The number of carbonyl (C=O) groups is 1. The van der Waals surface area contributed by atoms with Crippen molar-refractivity contribution in [3.8, 4) is 0 Å². The zero-order valence-corrected chi connectivity index (χ0v) is 10.3. The molecule has 0 heterocycles. The Labute approximate surface area is 90.5 Å². The molecule has 0 fully saturated rings. The number of hydrogen-bond acceptors (Lipinski definition) is 4. The minimum Gasteiger partial charge on any atom is -0.458 e. The van der Waals surface area contributed by atoms with Gasteiger partial charge in [-0.3, -0.25) is 0 Å². The van der Waals surface area contributed by atoms with Crippen LogP contribution in [0.15, 0.2) is 0 Å². The smallest absolute Gasteiger partial charge is 0.367 e. The standard InChI is InChI=1S/C10H20O3S/c1-5-12-9(11)14-8-7-10(3,4)13-6-2/h5-8H2,1-4H3. The number of rotatable bonds is 6. The van der Waals surface area contributed by atoms with Crippen LogP contribution in [0.5, 0.6) is 0 Å². The lowest BCUT2D eigenvalue weighted by molar-refractivity contribution is -0.0115. The number of carbonyl (C=O) groups excluding carboxylic acids is 1. The molecule has 0 radical (unpaired) electrons. The lowest BCUT2D eigenvalue weighted by Crippen LogP contribution is -2.25. The Balaban J connectivity index is 3.57. The summed E-state index contributed by atoms with van der Waals surface area (Å²) in [6, 6.07) is 0. The molecule has 3 nitrogen and oxygen atoms in total. The number of thioether (sulfide) groups is 1. The summed E-state index contributed by atoms with van der Waals surface area (Å²) in [5, 5.41) is -0.195. The van der Waals surface area contributed by atoms with Gasteiger partial charge in [0.1, 0.15) is 0 Å². The van der Waals surface area contributed by atoms with Gasteiger partial charge in [-0.1, -0.05) is 0 Å². The molecule has 0 aromatic rings. The van der Waals surface area contributed by atoms with Gasteiger partial charge in [-0.15, -0.1) is 0 Å². The molecular weight excluding hydrogens is 200 g/mol. The maximum atomic E-state index is 11.0. The van der Waals surface area contributed by atoms with Crippen molar-refractivity contribution in [1.82, 2.24) is 0 Å². The van der Waals surface area contributed by atoms with Crippen molar-refractivity contribution < 1.29 is 14.3 Å². The van der Waals surface area contributed by atoms with Crippen molar-refractivity contribution >= 4 is 17.1 Å². The second kappa shape index (κ2) is 7.12. The van der Waals surface area contributed by atoms with Crippen molar-refractivity contribution in [3.05, 3.63) is 0 Å². The quantitative estimate of drug-likeness (QED) is 0.644. The van der Waals surface area contributed by atoms with E-state index in [1.54, 1.807) is 0 Å². The van der Waals surface area contributed by atoms with E-state index in [0.717, 1.165) is 12.2 Å². The van der Waals surface area contributed by atoms with Gasteiger partial charge in [0, 0.05) is 12.4 Å². The molecule has 84 valence electrons. The molecule has 4 heteroatoms. The summed E-state index contributed by atoms with van der Waals surface area (Å²) in [5.41, 5.74) is -0.145. The molecule has 0 saturated heterocycles. The summed E-state index contributed by atoms with van der Waals surface area (Å²) in [4.78, 5) is 11.0. The Morgan fingerprint density at radius 2 is 1.93 bits per heavy atom. The highest BCUT2D eigenvalue weighted by Crippen LogP contribution is 2.18. The first-order valence-corrected chi connectivity index (χ1v) is 5.94. The van der Waals surface area contributed by atoms with Crippen LogP contribution in [0.4, 0.5) is 4.79 Å². The Morgan fingerprint density at radius 3 is 2.43 bits per heavy atom. The van der Waals surface area contributed by atoms with E-state index >= 15 is 0 Å².